The number of imidazole rings is 1. The fourth-order valence-electron chi connectivity index (χ4n) is 11.3. The molecule has 329 valence electrons. The summed E-state index contributed by atoms with van der Waals surface area (Å²) >= 11 is 0. The highest BCUT2D eigenvalue weighted by Gasteiger charge is 2.55. The summed E-state index contributed by atoms with van der Waals surface area (Å²) in [5.74, 6) is 0.654. The Bertz CT molecular complexity index is 2260. The predicted octanol–water partition coefficient (Wildman–Crippen LogP) is 10.2. The molecule has 62 heavy (non-hydrogen) atoms. The number of nitrogens with one attached hydrogen (secondary N) is 2. The van der Waals surface area contributed by atoms with Gasteiger partial charge in [0.15, 0.2) is 5.82 Å². The topological polar surface area (TPSA) is 98.6 Å². The molecule has 9 rings (SSSR count). The normalized spacial score (nSPS) is 22.7. The van der Waals surface area contributed by atoms with E-state index in [4.69, 9.17) is 9.97 Å². The lowest BCUT2D eigenvalue weighted by Crippen LogP contribution is -2.58. The number of nitrogens with zero attached hydrogens (tertiary/aromatic N) is 6. The number of aryl methyl sites for hydroxylation is 1. The molecule has 2 amide bonds. The van der Waals surface area contributed by atoms with Gasteiger partial charge in [0.2, 0.25) is 13.3 Å². The van der Waals surface area contributed by atoms with Gasteiger partial charge in [0, 0.05) is 41.0 Å². The molecule has 2 saturated carbocycles. The van der Waals surface area contributed by atoms with Gasteiger partial charge in [0.25, 0.3) is 5.91 Å². The first-order valence-corrected chi connectivity index (χ1v) is 24.1. The highest BCUT2D eigenvalue weighted by Crippen LogP contribution is 2.52. The molecule has 1 spiro atoms. The second-order valence-electron chi connectivity index (χ2n) is 19.9. The lowest BCUT2D eigenvalue weighted by Gasteiger charge is -2.48. The van der Waals surface area contributed by atoms with E-state index >= 15 is 9.18 Å². The Balaban J connectivity index is 1.05. The zero-order valence-electron chi connectivity index (χ0n) is 37.8. The molecule has 0 unspecified atom stereocenters. The Hall–Kier alpha value is -4.29. The average molecular weight is 842 g/mol. The van der Waals surface area contributed by atoms with Crippen LogP contribution in [0.1, 0.15) is 152 Å². The van der Waals surface area contributed by atoms with Crippen LogP contribution in [0.15, 0.2) is 42.7 Å². The van der Waals surface area contributed by atoms with Gasteiger partial charge in [0.05, 0.1) is 28.6 Å². The van der Waals surface area contributed by atoms with Crippen LogP contribution in [-0.2, 0) is 10.2 Å². The third-order valence-corrected chi connectivity index (χ3v) is 14.9. The minimum Gasteiger partial charge on any atom is -0.350 e. The summed E-state index contributed by atoms with van der Waals surface area (Å²) in [6.07, 6.45) is 20.0. The summed E-state index contributed by atoms with van der Waals surface area (Å²) in [6.45, 7) is 13.9. The highest BCUT2D eigenvalue weighted by atomic mass is 19.1. The van der Waals surface area contributed by atoms with Crippen molar-refractivity contribution in [2.24, 2.45) is 0 Å². The minimum absolute atomic E-state index is 0.0629. The molecule has 5 heterocycles. The fraction of sp³-hybridized carbons (Fsp3) is 0.600. The first kappa shape index (κ1) is 43.0. The van der Waals surface area contributed by atoms with Crippen LogP contribution in [-0.4, -0.2) is 87.8 Å². The summed E-state index contributed by atoms with van der Waals surface area (Å²) in [7, 11) is 2.55. The Morgan fingerprint density at radius 2 is 1.56 bits per heavy atom. The second-order valence-corrected chi connectivity index (χ2v) is 19.9. The van der Waals surface area contributed by atoms with Crippen LogP contribution >= 0.6 is 0 Å². The Morgan fingerprint density at radius 3 is 2.26 bits per heavy atom. The number of piperidine rings is 2. The van der Waals surface area contributed by atoms with Crippen molar-refractivity contribution in [1.82, 2.24) is 29.6 Å². The fourth-order valence-corrected chi connectivity index (χ4v) is 11.3. The lowest BCUT2D eigenvalue weighted by atomic mass is 9.65. The number of hydrogen-bond acceptors (Lipinski definition) is 7. The van der Waals surface area contributed by atoms with Crippen LogP contribution in [0.3, 0.4) is 0 Å². The van der Waals surface area contributed by atoms with Crippen LogP contribution in [0.25, 0.3) is 22.3 Å². The van der Waals surface area contributed by atoms with Gasteiger partial charge in [-0.3, -0.25) is 9.59 Å². The Kier molecular flexibility index (Phi) is 12.5. The number of benzene rings is 2. The van der Waals surface area contributed by atoms with E-state index in [1.54, 1.807) is 13.0 Å². The quantitative estimate of drug-likeness (QED) is 0.154. The molecule has 2 aromatic heterocycles. The maximum absolute atomic E-state index is 15.8. The molecule has 0 bridgehead atoms. The smallest absolute Gasteiger partial charge is 0.251 e. The molecule has 2 aliphatic carbocycles. The third-order valence-electron chi connectivity index (χ3n) is 14.9. The molecule has 12 heteroatoms. The summed E-state index contributed by atoms with van der Waals surface area (Å²) in [5.41, 5.74) is 5.85. The number of anilines is 3. The van der Waals surface area contributed by atoms with E-state index in [0.29, 0.717) is 34.5 Å². The van der Waals surface area contributed by atoms with Crippen molar-refractivity contribution in [1.29, 1.82) is 0 Å². The zero-order valence-corrected chi connectivity index (χ0v) is 37.8. The van der Waals surface area contributed by atoms with E-state index in [2.05, 4.69) is 64.7 Å². The van der Waals surface area contributed by atoms with Crippen LogP contribution < -0.4 is 15.5 Å². The lowest BCUT2D eigenvalue weighted by molar-refractivity contribution is -0.125. The Morgan fingerprint density at radius 1 is 0.871 bits per heavy atom. The maximum Gasteiger partial charge on any atom is 0.251 e. The molecule has 2 saturated heterocycles. The van der Waals surface area contributed by atoms with Gasteiger partial charge < -0.3 is 29.8 Å². The number of likely N-dealkylation sites (tertiary alicyclic amines) is 1. The number of amides is 2. The van der Waals surface area contributed by atoms with E-state index in [0.717, 1.165) is 66.6 Å². The van der Waals surface area contributed by atoms with Gasteiger partial charge >= 0.3 is 0 Å². The monoisotopic (exact) mass is 842 g/mol. The van der Waals surface area contributed by atoms with Crippen LogP contribution in [0.5, 0.6) is 0 Å². The van der Waals surface area contributed by atoms with E-state index in [1.165, 1.54) is 89.8 Å². The van der Waals surface area contributed by atoms with E-state index < -0.39 is 11.2 Å². The van der Waals surface area contributed by atoms with Crippen molar-refractivity contribution >= 4 is 47.5 Å². The largest absolute Gasteiger partial charge is 0.350 e. The molecule has 10 nitrogen and oxygen atoms in total. The van der Waals surface area contributed by atoms with Crippen molar-refractivity contribution in [2.45, 2.75) is 166 Å². The summed E-state index contributed by atoms with van der Waals surface area (Å²) in [5, 5.41) is 6.25. The molecule has 3 aliphatic heterocycles. The minimum atomic E-state index is -0.532. The first-order valence-electron chi connectivity index (χ1n) is 24.1. The van der Waals surface area contributed by atoms with E-state index in [9.17, 15) is 4.79 Å². The molecular weight excluding hydrogens is 774 g/mol. The molecule has 4 fully saturated rings. The van der Waals surface area contributed by atoms with Crippen LogP contribution in [0.4, 0.5) is 21.6 Å². The van der Waals surface area contributed by atoms with Crippen molar-refractivity contribution in [2.75, 3.05) is 36.4 Å². The number of hydrogen-bond donors (Lipinski definition) is 2. The molecule has 5 aliphatic rings. The van der Waals surface area contributed by atoms with E-state index in [-0.39, 0.29) is 35.6 Å². The molecule has 1 radical (unpaired) electrons. The van der Waals surface area contributed by atoms with Crippen molar-refractivity contribution < 1.29 is 14.0 Å². The number of halogens is 1. The number of aromatic nitrogens is 3. The first-order chi connectivity index (χ1) is 30.0. The molecular formula is C50H67BFN8O2. The number of rotatable bonds is 10. The maximum atomic E-state index is 15.8. The van der Waals surface area contributed by atoms with E-state index in [1.807, 2.05) is 30.8 Å². The van der Waals surface area contributed by atoms with Crippen LogP contribution in [0, 0.1) is 12.7 Å². The van der Waals surface area contributed by atoms with Gasteiger partial charge in [-0.25, -0.2) is 14.4 Å². The highest BCUT2D eigenvalue weighted by molar-refractivity contribution is 6.34. The number of carbonyl (C=O) groups excluding carboxylic acids is 2. The zero-order chi connectivity index (χ0) is 43.1. The number of fused-ring (bicyclic) bond motifs is 3. The van der Waals surface area contributed by atoms with Gasteiger partial charge in [0.1, 0.15) is 11.3 Å². The SMILES string of the molecule is Cc1cc(F)c(Nc2nc(-c3ccc4c(c3)N(C3CC(N5CCCCC5)C3)C(=O)C43CCN([B]C4CCCCCCCC4)CC3)cc3ncn(C(C)C)c23)cc1C(=O)NC(C)C. The molecule has 2 aromatic carbocycles. The molecule has 0 atom stereocenters. The van der Waals surface area contributed by atoms with Gasteiger partial charge in [-0.05, 0) is 135 Å². The predicted molar refractivity (Wildman–Crippen MR) is 249 cm³/mol. The van der Waals surface area contributed by atoms with Crippen molar-refractivity contribution in [3.8, 4) is 11.3 Å². The second kappa shape index (κ2) is 18.1. The summed E-state index contributed by atoms with van der Waals surface area (Å²) in [6, 6.07) is 12.2. The van der Waals surface area contributed by atoms with Gasteiger partial charge in [-0.15, -0.1) is 0 Å². The van der Waals surface area contributed by atoms with Crippen LogP contribution in [0.2, 0.25) is 5.82 Å². The Labute approximate surface area is 369 Å². The standard InChI is InChI=1S/C50H67BFN8O2/c1-32(2)54-48(61)39-29-43(41(52)25-34(39)5)56-47-46-44(53-31-59(46)33(3)4)30-42(55-47)35-17-18-40-45(26-35)60(38-27-37(28-38)57-21-13-10-14-22-57)49(62)50(40)19-23-58(24-20-50)51-36-15-11-8-6-7-9-12-16-36/h17-18,25-26,29-33,36-38H,6-16,19-24,27-28H2,1-5H3,(H,54,61)(H,55,56). The van der Waals surface area contributed by atoms with Gasteiger partial charge in [-0.2, -0.15) is 0 Å². The third kappa shape index (κ3) is 8.42. The average Bonchev–Trinajstić information content (AvgIpc) is 3.81. The van der Waals surface area contributed by atoms with Crippen molar-refractivity contribution in [3.63, 3.8) is 0 Å². The molecule has 2 N–H and O–H groups in total. The number of pyridine rings is 1. The van der Waals surface area contributed by atoms with Crippen molar-refractivity contribution in [3.05, 3.63) is 65.2 Å². The summed E-state index contributed by atoms with van der Waals surface area (Å²) < 4.78 is 17.9. The molecule has 4 aromatic rings. The van der Waals surface area contributed by atoms with Gasteiger partial charge in [-0.1, -0.05) is 75.7 Å². The number of carbonyl (C=O) groups is 2. The summed E-state index contributed by atoms with van der Waals surface area (Å²) in [4.78, 5) is 45.8.